The molecule has 1 saturated heterocycles. The molecule has 3 nitrogen and oxygen atoms in total. The number of aromatic hydroxyl groups is 1. The van der Waals surface area contributed by atoms with Crippen LogP contribution in [0.1, 0.15) is 25.3 Å². The highest BCUT2D eigenvalue weighted by atomic mass is 35.5. The molecule has 1 atom stereocenters. The molecule has 102 valence electrons. The molecule has 1 aliphatic heterocycles. The third kappa shape index (κ3) is 4.16. The van der Waals surface area contributed by atoms with E-state index in [4.69, 9.17) is 0 Å². The number of hydrogen-bond acceptors (Lipinski definition) is 3. The second-order valence-electron chi connectivity index (χ2n) is 4.79. The number of nitrogens with zero attached hydrogens (tertiary/aromatic N) is 1. The van der Waals surface area contributed by atoms with Crippen LogP contribution in [-0.4, -0.2) is 35.7 Å². The Labute approximate surface area is 116 Å². The van der Waals surface area contributed by atoms with Gasteiger partial charge in [0.25, 0.3) is 0 Å². The lowest BCUT2D eigenvalue weighted by Crippen LogP contribution is -2.50. The Hall–Kier alpha value is -0.770. The number of phenolic OH excluding ortho intramolecular Hbond substituents is 1. The van der Waals surface area contributed by atoms with Crippen LogP contribution in [0.4, 0.5) is 0 Å². The number of halogens is 1. The first-order valence-corrected chi connectivity index (χ1v) is 6.52. The fourth-order valence-corrected chi connectivity index (χ4v) is 2.52. The summed E-state index contributed by atoms with van der Waals surface area (Å²) >= 11 is 0. The summed E-state index contributed by atoms with van der Waals surface area (Å²) in [5.74, 6) is 0.365. The first kappa shape index (κ1) is 15.3. The number of hydrogen-bond donors (Lipinski definition) is 2. The predicted molar refractivity (Wildman–Crippen MR) is 77.3 cm³/mol. The molecular formula is C14H23ClN2O. The maximum absolute atomic E-state index is 9.48. The largest absolute Gasteiger partial charge is 0.508 e. The van der Waals surface area contributed by atoms with E-state index in [0.717, 1.165) is 26.2 Å². The van der Waals surface area contributed by atoms with Gasteiger partial charge >= 0.3 is 0 Å². The van der Waals surface area contributed by atoms with Gasteiger partial charge in [-0.2, -0.15) is 0 Å². The van der Waals surface area contributed by atoms with Gasteiger partial charge in [0.1, 0.15) is 5.75 Å². The Balaban J connectivity index is 0.00000162. The lowest BCUT2D eigenvalue weighted by atomic mass is 10.1. The van der Waals surface area contributed by atoms with Gasteiger partial charge in [-0.25, -0.2) is 0 Å². The van der Waals surface area contributed by atoms with Crippen LogP contribution >= 0.6 is 12.4 Å². The summed E-state index contributed by atoms with van der Waals surface area (Å²) in [7, 11) is 0. The van der Waals surface area contributed by atoms with Crippen LogP contribution in [0.15, 0.2) is 24.3 Å². The van der Waals surface area contributed by atoms with Crippen molar-refractivity contribution >= 4 is 12.4 Å². The predicted octanol–water partition coefficient (Wildman–Crippen LogP) is 2.39. The average molecular weight is 271 g/mol. The second-order valence-corrected chi connectivity index (χ2v) is 4.79. The van der Waals surface area contributed by atoms with Crippen LogP contribution in [0.5, 0.6) is 5.75 Å². The molecule has 0 aromatic heterocycles. The van der Waals surface area contributed by atoms with Gasteiger partial charge < -0.3 is 10.4 Å². The van der Waals surface area contributed by atoms with Crippen LogP contribution < -0.4 is 5.32 Å². The minimum absolute atomic E-state index is 0. The van der Waals surface area contributed by atoms with E-state index in [-0.39, 0.29) is 12.4 Å². The Kier molecular flexibility index (Phi) is 6.47. The van der Waals surface area contributed by atoms with Crippen molar-refractivity contribution in [3.05, 3.63) is 29.8 Å². The zero-order valence-electron chi connectivity index (χ0n) is 10.9. The molecule has 1 unspecified atom stereocenters. The Morgan fingerprint density at radius 3 is 3.00 bits per heavy atom. The molecule has 0 saturated carbocycles. The van der Waals surface area contributed by atoms with E-state index in [9.17, 15) is 5.11 Å². The normalized spacial score (nSPS) is 20.4. The number of benzene rings is 1. The molecule has 1 aliphatic rings. The van der Waals surface area contributed by atoms with E-state index in [2.05, 4.69) is 23.2 Å². The van der Waals surface area contributed by atoms with E-state index in [1.165, 1.54) is 18.4 Å². The summed E-state index contributed by atoms with van der Waals surface area (Å²) in [6.45, 7) is 6.44. The zero-order chi connectivity index (χ0) is 12.1. The third-order valence-electron chi connectivity index (χ3n) is 3.39. The van der Waals surface area contributed by atoms with Gasteiger partial charge in [0.05, 0.1) is 0 Å². The Bertz CT molecular complexity index is 357. The molecular weight excluding hydrogens is 248 g/mol. The molecule has 1 aromatic rings. The summed E-state index contributed by atoms with van der Waals surface area (Å²) in [5.41, 5.74) is 1.20. The van der Waals surface area contributed by atoms with E-state index >= 15 is 0 Å². The number of piperazine rings is 1. The van der Waals surface area contributed by atoms with Crippen LogP contribution in [-0.2, 0) is 6.54 Å². The SMILES string of the molecule is CCCC1CNCCN1Cc1cccc(O)c1.Cl. The van der Waals surface area contributed by atoms with Crippen molar-refractivity contribution in [3.63, 3.8) is 0 Å². The molecule has 1 aromatic carbocycles. The fourth-order valence-electron chi connectivity index (χ4n) is 2.52. The molecule has 0 bridgehead atoms. The van der Waals surface area contributed by atoms with E-state index in [0.29, 0.717) is 11.8 Å². The Morgan fingerprint density at radius 2 is 2.28 bits per heavy atom. The average Bonchev–Trinajstić information content (AvgIpc) is 2.32. The van der Waals surface area contributed by atoms with E-state index in [1.54, 1.807) is 6.07 Å². The minimum Gasteiger partial charge on any atom is -0.508 e. The first-order valence-electron chi connectivity index (χ1n) is 6.52. The van der Waals surface area contributed by atoms with Crippen molar-refractivity contribution < 1.29 is 5.11 Å². The molecule has 1 heterocycles. The molecule has 18 heavy (non-hydrogen) atoms. The number of rotatable bonds is 4. The van der Waals surface area contributed by atoms with E-state index in [1.807, 2.05) is 12.1 Å². The summed E-state index contributed by atoms with van der Waals surface area (Å²) in [4.78, 5) is 2.52. The van der Waals surface area contributed by atoms with Crippen molar-refractivity contribution in [2.24, 2.45) is 0 Å². The summed E-state index contributed by atoms with van der Waals surface area (Å²) < 4.78 is 0. The van der Waals surface area contributed by atoms with Gasteiger partial charge in [-0.05, 0) is 24.1 Å². The third-order valence-corrected chi connectivity index (χ3v) is 3.39. The number of phenols is 1. The first-order chi connectivity index (χ1) is 8.29. The molecule has 0 radical (unpaired) electrons. The highest BCUT2D eigenvalue weighted by molar-refractivity contribution is 5.85. The summed E-state index contributed by atoms with van der Waals surface area (Å²) in [6, 6.07) is 8.23. The van der Waals surface area contributed by atoms with Crippen molar-refractivity contribution in [2.75, 3.05) is 19.6 Å². The van der Waals surface area contributed by atoms with Gasteiger partial charge in [-0.1, -0.05) is 25.5 Å². The van der Waals surface area contributed by atoms with Gasteiger partial charge in [-0.15, -0.1) is 12.4 Å². The second kappa shape index (κ2) is 7.62. The van der Waals surface area contributed by atoms with Gasteiger partial charge in [0.2, 0.25) is 0 Å². The minimum atomic E-state index is 0. The van der Waals surface area contributed by atoms with Gasteiger partial charge in [-0.3, -0.25) is 4.90 Å². The van der Waals surface area contributed by atoms with Crippen LogP contribution in [0.25, 0.3) is 0 Å². The van der Waals surface area contributed by atoms with Crippen LogP contribution in [0, 0.1) is 0 Å². The highest BCUT2D eigenvalue weighted by Crippen LogP contribution is 2.17. The fraction of sp³-hybridized carbons (Fsp3) is 0.571. The number of nitrogens with one attached hydrogen (secondary N) is 1. The lowest BCUT2D eigenvalue weighted by Gasteiger charge is -2.36. The highest BCUT2D eigenvalue weighted by Gasteiger charge is 2.21. The van der Waals surface area contributed by atoms with Crippen molar-refractivity contribution in [3.8, 4) is 5.75 Å². The van der Waals surface area contributed by atoms with Crippen molar-refractivity contribution in [1.29, 1.82) is 0 Å². The van der Waals surface area contributed by atoms with Gasteiger partial charge in [0, 0.05) is 32.2 Å². The van der Waals surface area contributed by atoms with Crippen LogP contribution in [0.2, 0.25) is 0 Å². The zero-order valence-corrected chi connectivity index (χ0v) is 11.7. The monoisotopic (exact) mass is 270 g/mol. The van der Waals surface area contributed by atoms with Crippen LogP contribution in [0.3, 0.4) is 0 Å². The molecule has 1 fully saturated rings. The van der Waals surface area contributed by atoms with E-state index < -0.39 is 0 Å². The molecule has 0 aliphatic carbocycles. The molecule has 2 N–H and O–H groups in total. The summed E-state index contributed by atoms with van der Waals surface area (Å²) in [5, 5.41) is 12.9. The maximum atomic E-state index is 9.48. The van der Waals surface area contributed by atoms with Crippen molar-refractivity contribution in [1.82, 2.24) is 10.2 Å². The molecule has 4 heteroatoms. The van der Waals surface area contributed by atoms with Gasteiger partial charge in [0.15, 0.2) is 0 Å². The van der Waals surface area contributed by atoms with Crippen molar-refractivity contribution in [2.45, 2.75) is 32.4 Å². The molecule has 0 amide bonds. The standard InChI is InChI=1S/C14H22N2O.ClH/c1-2-4-13-10-15-7-8-16(13)11-12-5-3-6-14(17)9-12;/h3,5-6,9,13,15,17H,2,4,7-8,10-11H2,1H3;1H. The molecule has 0 spiro atoms. The topological polar surface area (TPSA) is 35.5 Å². The quantitative estimate of drug-likeness (QED) is 0.882. The maximum Gasteiger partial charge on any atom is 0.115 e. The Morgan fingerprint density at radius 1 is 1.44 bits per heavy atom. The summed E-state index contributed by atoms with van der Waals surface area (Å²) in [6.07, 6.45) is 2.47. The molecule has 2 rings (SSSR count). The lowest BCUT2D eigenvalue weighted by molar-refractivity contribution is 0.144. The smallest absolute Gasteiger partial charge is 0.115 e.